The van der Waals surface area contributed by atoms with Crippen molar-refractivity contribution < 1.29 is 4.79 Å². The van der Waals surface area contributed by atoms with Crippen molar-refractivity contribution in [3.05, 3.63) is 48.0 Å². The van der Waals surface area contributed by atoms with E-state index in [0.717, 1.165) is 29.9 Å². The molecule has 0 atom stereocenters. The van der Waals surface area contributed by atoms with E-state index in [0.29, 0.717) is 19.5 Å². The third-order valence-electron chi connectivity index (χ3n) is 3.33. The summed E-state index contributed by atoms with van der Waals surface area (Å²) in [4.78, 5) is 16.3. The number of amides is 1. The van der Waals surface area contributed by atoms with Crippen molar-refractivity contribution >= 4 is 11.6 Å². The second kappa shape index (κ2) is 7.59. The molecule has 1 amide bonds. The van der Waals surface area contributed by atoms with Gasteiger partial charge in [0.2, 0.25) is 5.91 Å². The lowest BCUT2D eigenvalue weighted by Gasteiger charge is -2.08. The van der Waals surface area contributed by atoms with Gasteiger partial charge in [-0.1, -0.05) is 19.1 Å². The predicted molar refractivity (Wildman–Crippen MR) is 83.8 cm³/mol. The monoisotopic (exact) mass is 286 g/mol. The average molecular weight is 286 g/mol. The first-order valence-electron chi connectivity index (χ1n) is 7.31. The summed E-state index contributed by atoms with van der Waals surface area (Å²) in [5.41, 5.74) is 7.40. The molecule has 0 saturated carbocycles. The smallest absolute Gasteiger partial charge is 0.226 e. The minimum atomic E-state index is 0.00615. The second-order valence-electron chi connectivity index (χ2n) is 4.99. The molecule has 0 fully saturated rings. The molecule has 2 aromatic rings. The number of imidazole rings is 1. The van der Waals surface area contributed by atoms with Crippen molar-refractivity contribution in [2.24, 2.45) is 5.73 Å². The quantitative estimate of drug-likeness (QED) is 0.820. The summed E-state index contributed by atoms with van der Waals surface area (Å²) in [6, 6.07) is 7.59. The SMILES string of the molecule is CCCc1nccn1CCC(=O)Nc1ccc(CN)cc1. The van der Waals surface area contributed by atoms with Gasteiger partial charge in [0, 0.05) is 44.0 Å². The molecule has 0 unspecified atom stereocenters. The molecule has 1 aromatic carbocycles. The third kappa shape index (κ3) is 4.43. The molecule has 1 heterocycles. The maximum Gasteiger partial charge on any atom is 0.226 e. The lowest BCUT2D eigenvalue weighted by Crippen LogP contribution is -2.15. The number of aryl methyl sites for hydroxylation is 2. The average Bonchev–Trinajstić information content (AvgIpc) is 2.94. The lowest BCUT2D eigenvalue weighted by molar-refractivity contribution is -0.116. The number of carbonyl (C=O) groups is 1. The summed E-state index contributed by atoms with van der Waals surface area (Å²) >= 11 is 0. The van der Waals surface area contributed by atoms with E-state index < -0.39 is 0 Å². The van der Waals surface area contributed by atoms with Crippen LogP contribution in [0, 0.1) is 0 Å². The zero-order valence-electron chi connectivity index (χ0n) is 12.4. The number of nitrogens with two attached hydrogens (primary N) is 1. The van der Waals surface area contributed by atoms with Crippen LogP contribution in [0.4, 0.5) is 5.69 Å². The van der Waals surface area contributed by atoms with E-state index in [-0.39, 0.29) is 5.91 Å². The Morgan fingerprint density at radius 3 is 2.76 bits per heavy atom. The molecule has 3 N–H and O–H groups in total. The highest BCUT2D eigenvalue weighted by atomic mass is 16.1. The Kier molecular flexibility index (Phi) is 5.51. The number of benzene rings is 1. The highest BCUT2D eigenvalue weighted by molar-refractivity contribution is 5.90. The van der Waals surface area contributed by atoms with Crippen LogP contribution in [0.1, 0.15) is 31.2 Å². The summed E-state index contributed by atoms with van der Waals surface area (Å²) in [6.07, 6.45) is 6.14. The van der Waals surface area contributed by atoms with Crippen LogP contribution in [0.2, 0.25) is 0 Å². The fourth-order valence-electron chi connectivity index (χ4n) is 2.17. The fraction of sp³-hybridized carbons (Fsp3) is 0.375. The van der Waals surface area contributed by atoms with Gasteiger partial charge in [-0.2, -0.15) is 0 Å². The molecule has 0 aliphatic rings. The van der Waals surface area contributed by atoms with E-state index >= 15 is 0 Å². The summed E-state index contributed by atoms with van der Waals surface area (Å²) in [5, 5.41) is 2.89. The van der Waals surface area contributed by atoms with Gasteiger partial charge in [0.15, 0.2) is 0 Å². The lowest BCUT2D eigenvalue weighted by atomic mass is 10.2. The van der Waals surface area contributed by atoms with Gasteiger partial charge in [0.25, 0.3) is 0 Å². The van der Waals surface area contributed by atoms with Crippen LogP contribution >= 0.6 is 0 Å². The molecule has 112 valence electrons. The largest absolute Gasteiger partial charge is 0.334 e. The minimum absolute atomic E-state index is 0.00615. The molecule has 0 aliphatic heterocycles. The summed E-state index contributed by atoms with van der Waals surface area (Å²) < 4.78 is 2.04. The Bertz CT molecular complexity index is 574. The van der Waals surface area contributed by atoms with Crippen molar-refractivity contribution in [2.75, 3.05) is 5.32 Å². The molecule has 2 rings (SSSR count). The van der Waals surface area contributed by atoms with Gasteiger partial charge in [-0.15, -0.1) is 0 Å². The number of nitrogens with zero attached hydrogens (tertiary/aromatic N) is 2. The first-order chi connectivity index (χ1) is 10.2. The van der Waals surface area contributed by atoms with Gasteiger partial charge < -0.3 is 15.6 Å². The molecular weight excluding hydrogens is 264 g/mol. The van der Waals surface area contributed by atoms with Crippen LogP contribution in [0.15, 0.2) is 36.7 Å². The molecular formula is C16H22N4O. The van der Waals surface area contributed by atoms with E-state index in [9.17, 15) is 4.79 Å². The topological polar surface area (TPSA) is 72.9 Å². The summed E-state index contributed by atoms with van der Waals surface area (Å²) in [6.45, 7) is 3.29. The van der Waals surface area contributed by atoms with Crippen LogP contribution in [0.3, 0.4) is 0 Å². The molecule has 5 nitrogen and oxygen atoms in total. The van der Waals surface area contributed by atoms with E-state index in [1.54, 1.807) is 6.20 Å². The Morgan fingerprint density at radius 1 is 1.33 bits per heavy atom. The van der Waals surface area contributed by atoms with Crippen LogP contribution in [0.5, 0.6) is 0 Å². The zero-order valence-corrected chi connectivity index (χ0v) is 12.4. The van der Waals surface area contributed by atoms with Crippen molar-refractivity contribution in [2.45, 2.75) is 39.3 Å². The van der Waals surface area contributed by atoms with Crippen LogP contribution in [0.25, 0.3) is 0 Å². The molecule has 0 aliphatic carbocycles. The maximum absolute atomic E-state index is 12.0. The molecule has 0 bridgehead atoms. The zero-order chi connectivity index (χ0) is 15.1. The second-order valence-corrected chi connectivity index (χ2v) is 4.99. The number of nitrogens with one attached hydrogen (secondary N) is 1. The Balaban J connectivity index is 1.85. The third-order valence-corrected chi connectivity index (χ3v) is 3.33. The first kappa shape index (κ1) is 15.3. The van der Waals surface area contributed by atoms with Gasteiger partial charge in [-0.05, 0) is 24.1 Å². The number of hydrogen-bond donors (Lipinski definition) is 2. The molecule has 0 radical (unpaired) electrons. The van der Waals surface area contributed by atoms with Crippen molar-refractivity contribution in [3.8, 4) is 0 Å². The standard InChI is InChI=1S/C16H22N4O/c1-2-3-15-18-9-11-20(15)10-8-16(21)19-14-6-4-13(12-17)5-7-14/h4-7,9,11H,2-3,8,10,12,17H2,1H3,(H,19,21). The summed E-state index contributed by atoms with van der Waals surface area (Å²) in [5.74, 6) is 1.05. The van der Waals surface area contributed by atoms with Gasteiger partial charge in [-0.3, -0.25) is 4.79 Å². The predicted octanol–water partition coefficient (Wildman–Crippen LogP) is 2.32. The maximum atomic E-state index is 12.0. The number of hydrogen-bond acceptors (Lipinski definition) is 3. The minimum Gasteiger partial charge on any atom is -0.334 e. The van der Waals surface area contributed by atoms with Crippen LogP contribution < -0.4 is 11.1 Å². The highest BCUT2D eigenvalue weighted by Gasteiger charge is 2.06. The molecule has 5 heteroatoms. The van der Waals surface area contributed by atoms with E-state index in [1.807, 2.05) is 35.0 Å². The van der Waals surface area contributed by atoms with Gasteiger partial charge >= 0.3 is 0 Å². The molecule has 0 saturated heterocycles. The molecule has 21 heavy (non-hydrogen) atoms. The van der Waals surface area contributed by atoms with Gasteiger partial charge in [0.1, 0.15) is 5.82 Å². The van der Waals surface area contributed by atoms with Crippen molar-refractivity contribution in [1.29, 1.82) is 0 Å². The highest BCUT2D eigenvalue weighted by Crippen LogP contribution is 2.10. The fourth-order valence-corrected chi connectivity index (χ4v) is 2.17. The van der Waals surface area contributed by atoms with E-state index in [4.69, 9.17) is 5.73 Å². The van der Waals surface area contributed by atoms with Crippen molar-refractivity contribution in [3.63, 3.8) is 0 Å². The number of rotatable bonds is 7. The Morgan fingerprint density at radius 2 is 2.10 bits per heavy atom. The summed E-state index contributed by atoms with van der Waals surface area (Å²) in [7, 11) is 0. The van der Waals surface area contributed by atoms with E-state index in [2.05, 4.69) is 17.2 Å². The van der Waals surface area contributed by atoms with Crippen molar-refractivity contribution in [1.82, 2.24) is 9.55 Å². The van der Waals surface area contributed by atoms with Gasteiger partial charge in [-0.25, -0.2) is 4.98 Å². The molecule has 0 spiro atoms. The van der Waals surface area contributed by atoms with Crippen LogP contribution in [-0.4, -0.2) is 15.5 Å². The first-order valence-corrected chi connectivity index (χ1v) is 7.31. The molecule has 1 aromatic heterocycles. The number of carbonyl (C=O) groups excluding carboxylic acids is 1. The van der Waals surface area contributed by atoms with Crippen LogP contribution in [-0.2, 0) is 24.3 Å². The van der Waals surface area contributed by atoms with Gasteiger partial charge in [0.05, 0.1) is 0 Å². The van der Waals surface area contributed by atoms with E-state index in [1.165, 1.54) is 0 Å². The Hall–Kier alpha value is -2.14. The number of anilines is 1. The normalized spacial score (nSPS) is 10.6. The Labute approximate surface area is 125 Å². The number of aromatic nitrogens is 2.